The monoisotopic (exact) mass is 270 g/mol. The standard InChI is InChI=1S/C10H7BrO2S/c11-8-5-14-10-6(4-9(12)13)2-1-3-7(8)10/h1-3,5H,4H2,(H,12,13). The lowest BCUT2D eigenvalue weighted by Crippen LogP contribution is -1.99. The Morgan fingerprint density at radius 3 is 3.00 bits per heavy atom. The van der Waals surface area contributed by atoms with Crippen molar-refractivity contribution in [3.63, 3.8) is 0 Å². The summed E-state index contributed by atoms with van der Waals surface area (Å²) in [6, 6.07) is 5.73. The molecule has 14 heavy (non-hydrogen) atoms. The van der Waals surface area contributed by atoms with E-state index in [2.05, 4.69) is 15.9 Å². The van der Waals surface area contributed by atoms with Crippen LogP contribution in [0.2, 0.25) is 0 Å². The van der Waals surface area contributed by atoms with Gasteiger partial charge < -0.3 is 5.11 Å². The number of carboxylic acids is 1. The SMILES string of the molecule is O=C(O)Cc1cccc2c(Br)csc12. The van der Waals surface area contributed by atoms with Crippen molar-refractivity contribution in [2.45, 2.75) is 6.42 Å². The summed E-state index contributed by atoms with van der Waals surface area (Å²) in [5.74, 6) is -0.790. The van der Waals surface area contributed by atoms with E-state index in [1.54, 1.807) is 11.3 Å². The van der Waals surface area contributed by atoms with Crippen LogP contribution in [0.15, 0.2) is 28.1 Å². The summed E-state index contributed by atoms with van der Waals surface area (Å²) in [4.78, 5) is 10.6. The molecule has 1 heterocycles. The normalized spacial score (nSPS) is 10.6. The number of halogens is 1. The summed E-state index contributed by atoms with van der Waals surface area (Å²) in [5.41, 5.74) is 0.880. The Hall–Kier alpha value is -0.870. The molecule has 0 aliphatic rings. The summed E-state index contributed by atoms with van der Waals surface area (Å²) in [6.07, 6.45) is 0.0876. The maximum Gasteiger partial charge on any atom is 0.307 e. The third kappa shape index (κ3) is 1.67. The average molecular weight is 271 g/mol. The summed E-state index contributed by atoms with van der Waals surface area (Å²) in [5, 5.41) is 11.8. The van der Waals surface area contributed by atoms with Gasteiger partial charge in [0, 0.05) is 19.9 Å². The van der Waals surface area contributed by atoms with Gasteiger partial charge >= 0.3 is 5.97 Å². The Bertz CT molecular complexity index is 490. The van der Waals surface area contributed by atoms with Crippen LogP contribution in [0.4, 0.5) is 0 Å². The van der Waals surface area contributed by atoms with E-state index in [9.17, 15) is 4.79 Å². The second-order valence-corrected chi connectivity index (χ2v) is 4.68. The van der Waals surface area contributed by atoms with Crippen LogP contribution < -0.4 is 0 Å². The molecule has 0 spiro atoms. The minimum atomic E-state index is -0.790. The lowest BCUT2D eigenvalue weighted by atomic mass is 10.1. The van der Waals surface area contributed by atoms with Gasteiger partial charge in [0.1, 0.15) is 0 Å². The van der Waals surface area contributed by atoms with E-state index in [0.29, 0.717) is 0 Å². The predicted octanol–water partition coefficient (Wildman–Crippen LogP) is 3.29. The first-order chi connectivity index (χ1) is 6.68. The van der Waals surface area contributed by atoms with Crippen molar-refractivity contribution in [1.29, 1.82) is 0 Å². The van der Waals surface area contributed by atoms with Gasteiger partial charge in [-0.2, -0.15) is 0 Å². The lowest BCUT2D eigenvalue weighted by Gasteiger charge is -1.98. The van der Waals surface area contributed by atoms with E-state index in [1.807, 2.05) is 23.6 Å². The van der Waals surface area contributed by atoms with Crippen molar-refractivity contribution in [2.24, 2.45) is 0 Å². The zero-order valence-electron chi connectivity index (χ0n) is 7.16. The highest BCUT2D eigenvalue weighted by molar-refractivity contribution is 9.10. The number of aliphatic carboxylic acids is 1. The van der Waals surface area contributed by atoms with Gasteiger partial charge in [0.15, 0.2) is 0 Å². The lowest BCUT2D eigenvalue weighted by molar-refractivity contribution is -0.136. The Morgan fingerprint density at radius 2 is 2.29 bits per heavy atom. The highest BCUT2D eigenvalue weighted by atomic mass is 79.9. The number of fused-ring (bicyclic) bond motifs is 1. The van der Waals surface area contributed by atoms with Crippen LogP contribution >= 0.6 is 27.3 Å². The fraction of sp³-hybridized carbons (Fsp3) is 0.100. The molecule has 0 atom stereocenters. The smallest absolute Gasteiger partial charge is 0.307 e. The average Bonchev–Trinajstić information content (AvgIpc) is 2.49. The van der Waals surface area contributed by atoms with Gasteiger partial charge in [0.05, 0.1) is 6.42 Å². The fourth-order valence-electron chi connectivity index (χ4n) is 1.39. The van der Waals surface area contributed by atoms with E-state index >= 15 is 0 Å². The van der Waals surface area contributed by atoms with Crippen LogP contribution in [-0.4, -0.2) is 11.1 Å². The summed E-state index contributed by atoms with van der Waals surface area (Å²) >= 11 is 5.00. The third-order valence-corrected chi connectivity index (χ3v) is 4.01. The molecule has 2 aromatic rings. The van der Waals surface area contributed by atoms with Crippen molar-refractivity contribution in [3.8, 4) is 0 Å². The number of benzene rings is 1. The van der Waals surface area contributed by atoms with Crippen molar-refractivity contribution in [3.05, 3.63) is 33.6 Å². The van der Waals surface area contributed by atoms with E-state index in [-0.39, 0.29) is 6.42 Å². The molecule has 0 bridgehead atoms. The van der Waals surface area contributed by atoms with Gasteiger partial charge in [-0.1, -0.05) is 18.2 Å². The third-order valence-electron chi connectivity index (χ3n) is 1.98. The first kappa shape index (κ1) is 9.68. The molecular weight excluding hydrogens is 264 g/mol. The molecule has 0 aliphatic heterocycles. The molecule has 0 fully saturated rings. The summed E-state index contributed by atoms with van der Waals surface area (Å²) < 4.78 is 2.09. The van der Waals surface area contributed by atoms with Crippen LogP contribution in [0.5, 0.6) is 0 Å². The molecule has 1 N–H and O–H groups in total. The summed E-state index contributed by atoms with van der Waals surface area (Å²) in [6.45, 7) is 0. The number of carboxylic acid groups (broad SMARTS) is 1. The quantitative estimate of drug-likeness (QED) is 0.910. The first-order valence-electron chi connectivity index (χ1n) is 4.05. The van der Waals surface area contributed by atoms with Crippen molar-refractivity contribution < 1.29 is 9.90 Å². The molecule has 1 aromatic carbocycles. The first-order valence-corrected chi connectivity index (χ1v) is 5.72. The van der Waals surface area contributed by atoms with Crippen molar-refractivity contribution in [2.75, 3.05) is 0 Å². The highest BCUT2D eigenvalue weighted by Crippen LogP contribution is 2.32. The number of thiophene rings is 1. The highest BCUT2D eigenvalue weighted by Gasteiger charge is 2.08. The van der Waals surface area contributed by atoms with Crippen LogP contribution in [0.1, 0.15) is 5.56 Å². The predicted molar refractivity (Wildman–Crippen MR) is 60.9 cm³/mol. The minimum absolute atomic E-state index is 0.0876. The molecule has 2 rings (SSSR count). The van der Waals surface area contributed by atoms with E-state index in [4.69, 9.17) is 5.11 Å². The fourth-order valence-corrected chi connectivity index (χ4v) is 3.08. The van der Waals surface area contributed by atoms with Crippen molar-refractivity contribution in [1.82, 2.24) is 0 Å². The number of carbonyl (C=O) groups is 1. The van der Waals surface area contributed by atoms with Gasteiger partial charge in [-0.05, 0) is 21.5 Å². The largest absolute Gasteiger partial charge is 0.481 e. The maximum atomic E-state index is 10.6. The molecule has 0 aliphatic carbocycles. The molecule has 0 radical (unpaired) electrons. The molecule has 4 heteroatoms. The Labute approximate surface area is 93.3 Å². The van der Waals surface area contributed by atoms with E-state index in [1.165, 1.54) is 0 Å². The molecule has 1 aromatic heterocycles. The van der Waals surface area contributed by atoms with Gasteiger partial charge in [-0.15, -0.1) is 11.3 Å². The second-order valence-electron chi connectivity index (χ2n) is 2.95. The van der Waals surface area contributed by atoms with Gasteiger partial charge in [-0.25, -0.2) is 0 Å². The molecule has 0 saturated heterocycles. The van der Waals surface area contributed by atoms with Crippen LogP contribution in [0.3, 0.4) is 0 Å². The number of hydrogen-bond acceptors (Lipinski definition) is 2. The van der Waals surface area contributed by atoms with Crippen LogP contribution in [-0.2, 0) is 11.2 Å². The Kier molecular flexibility index (Phi) is 2.56. The van der Waals surface area contributed by atoms with Crippen molar-refractivity contribution >= 4 is 43.3 Å². The number of hydrogen-bond donors (Lipinski definition) is 1. The van der Waals surface area contributed by atoms with Gasteiger partial charge in [0.25, 0.3) is 0 Å². The molecule has 0 unspecified atom stereocenters. The Morgan fingerprint density at radius 1 is 1.50 bits per heavy atom. The molecule has 2 nitrogen and oxygen atoms in total. The van der Waals surface area contributed by atoms with E-state index in [0.717, 1.165) is 20.1 Å². The minimum Gasteiger partial charge on any atom is -0.481 e. The van der Waals surface area contributed by atoms with Crippen LogP contribution in [0.25, 0.3) is 10.1 Å². The molecule has 72 valence electrons. The van der Waals surface area contributed by atoms with E-state index < -0.39 is 5.97 Å². The second kappa shape index (κ2) is 3.71. The maximum absolute atomic E-state index is 10.6. The Balaban J connectivity index is 2.59. The zero-order chi connectivity index (χ0) is 10.1. The molecular formula is C10H7BrO2S. The molecule has 0 amide bonds. The van der Waals surface area contributed by atoms with Gasteiger partial charge in [0.2, 0.25) is 0 Å². The topological polar surface area (TPSA) is 37.3 Å². The van der Waals surface area contributed by atoms with Crippen LogP contribution in [0, 0.1) is 0 Å². The zero-order valence-corrected chi connectivity index (χ0v) is 9.56. The van der Waals surface area contributed by atoms with Gasteiger partial charge in [-0.3, -0.25) is 4.79 Å². The summed E-state index contributed by atoms with van der Waals surface area (Å²) in [7, 11) is 0. The molecule has 0 saturated carbocycles. The number of rotatable bonds is 2.